The summed E-state index contributed by atoms with van der Waals surface area (Å²) < 4.78 is 5.64. The zero-order valence-corrected chi connectivity index (χ0v) is 23.9. The smallest absolute Gasteiger partial charge is 0.407 e. The number of aromatic amines is 1. The molecule has 0 spiro atoms. The largest absolute Gasteiger partial charge is 0.480 e. The van der Waals surface area contributed by atoms with Gasteiger partial charge in [-0.15, -0.1) is 0 Å². The van der Waals surface area contributed by atoms with Crippen LogP contribution in [0.2, 0.25) is 0 Å². The van der Waals surface area contributed by atoms with E-state index in [1.54, 1.807) is 0 Å². The number of primary amides is 1. The average Bonchev–Trinajstić information content (AvgIpc) is 3.77. The van der Waals surface area contributed by atoms with Crippen molar-refractivity contribution in [1.82, 2.24) is 25.5 Å². The molecule has 5 rings (SSSR count). The number of carbonyl (C=O) groups excluding carboxylic acids is 4. The third kappa shape index (κ3) is 6.72. The highest BCUT2D eigenvalue weighted by atomic mass is 16.5. The number of H-pyrrole nitrogens is 1. The maximum absolute atomic E-state index is 13.6. The van der Waals surface area contributed by atoms with E-state index in [0.29, 0.717) is 12.1 Å². The van der Waals surface area contributed by atoms with Gasteiger partial charge >= 0.3 is 12.1 Å². The van der Waals surface area contributed by atoms with Crippen molar-refractivity contribution in [3.05, 3.63) is 77.9 Å². The maximum Gasteiger partial charge on any atom is 0.407 e. The number of benzene rings is 2. The van der Waals surface area contributed by atoms with Crippen LogP contribution in [0.25, 0.3) is 11.1 Å². The van der Waals surface area contributed by atoms with Crippen LogP contribution in [0, 0.1) is 0 Å². The number of carboxylic acids is 1. The maximum atomic E-state index is 13.6. The number of ether oxygens (including phenoxy) is 1. The lowest BCUT2D eigenvalue weighted by molar-refractivity contribution is -0.149. The average molecular weight is 603 g/mol. The molecule has 230 valence electrons. The Labute approximate surface area is 253 Å². The number of hydrogen-bond acceptors (Lipinski definition) is 7. The molecule has 44 heavy (non-hydrogen) atoms. The lowest BCUT2D eigenvalue weighted by Crippen LogP contribution is -2.56. The number of nitrogens with two attached hydrogens (primary N) is 1. The summed E-state index contributed by atoms with van der Waals surface area (Å²) >= 11 is 0. The van der Waals surface area contributed by atoms with Crippen molar-refractivity contribution < 1.29 is 33.8 Å². The number of nitrogens with zero attached hydrogens (tertiary/aromatic N) is 2. The van der Waals surface area contributed by atoms with Gasteiger partial charge in [0.15, 0.2) is 0 Å². The molecule has 1 aromatic heterocycles. The lowest BCUT2D eigenvalue weighted by atomic mass is 9.98. The molecule has 6 N–H and O–H groups in total. The van der Waals surface area contributed by atoms with Crippen molar-refractivity contribution in [1.29, 1.82) is 0 Å². The molecule has 1 aliphatic heterocycles. The van der Waals surface area contributed by atoms with Crippen LogP contribution in [0.5, 0.6) is 0 Å². The summed E-state index contributed by atoms with van der Waals surface area (Å²) in [6.07, 6.45) is 2.50. The Morgan fingerprint density at radius 1 is 1.02 bits per heavy atom. The Bertz CT molecular complexity index is 1500. The second-order valence-electron chi connectivity index (χ2n) is 10.9. The van der Waals surface area contributed by atoms with Crippen LogP contribution in [-0.2, 0) is 30.3 Å². The van der Waals surface area contributed by atoms with Gasteiger partial charge in [0.05, 0.1) is 6.33 Å². The third-order valence-corrected chi connectivity index (χ3v) is 8.05. The molecule has 1 fully saturated rings. The molecular formula is C31H34N6O7. The van der Waals surface area contributed by atoms with E-state index in [2.05, 4.69) is 20.6 Å². The number of carboxylic acid groups (broad SMARTS) is 1. The van der Waals surface area contributed by atoms with Gasteiger partial charge < -0.3 is 36.1 Å². The van der Waals surface area contributed by atoms with E-state index in [-0.39, 0.29) is 44.8 Å². The normalized spacial score (nSPS) is 16.8. The Kier molecular flexibility index (Phi) is 9.22. The summed E-state index contributed by atoms with van der Waals surface area (Å²) in [4.78, 5) is 71.3. The van der Waals surface area contributed by atoms with Gasteiger partial charge in [-0.05, 0) is 41.5 Å². The van der Waals surface area contributed by atoms with E-state index >= 15 is 0 Å². The Morgan fingerprint density at radius 2 is 1.70 bits per heavy atom. The van der Waals surface area contributed by atoms with Gasteiger partial charge in [-0.1, -0.05) is 48.5 Å². The monoisotopic (exact) mass is 602 g/mol. The van der Waals surface area contributed by atoms with Crippen LogP contribution >= 0.6 is 0 Å². The molecular weight excluding hydrogens is 568 g/mol. The van der Waals surface area contributed by atoms with Gasteiger partial charge in [0.1, 0.15) is 24.7 Å². The number of fused-ring (bicyclic) bond motifs is 3. The minimum atomic E-state index is -1.23. The fraction of sp³-hybridized carbons (Fsp3) is 0.355. The molecule has 2 aromatic carbocycles. The number of nitrogens with one attached hydrogen (secondary N) is 3. The first-order chi connectivity index (χ1) is 21.2. The summed E-state index contributed by atoms with van der Waals surface area (Å²) in [6.45, 7) is 0.234. The molecule has 3 atom stereocenters. The molecule has 0 unspecified atom stereocenters. The Balaban J connectivity index is 1.29. The van der Waals surface area contributed by atoms with E-state index in [4.69, 9.17) is 10.5 Å². The standard InChI is InChI=1S/C31H34N6O7/c32-27(38)12-11-24(29(40)37-13-5-10-26(37)30(41)42)35-28(39)25(14-18-15-33-17-34-18)36-31(43)44-16-23-21-8-3-1-6-19(21)20-7-2-4-9-22(20)23/h1-4,6-9,15,17,23-26H,5,10-14,16H2,(H2,32,38)(H,33,34)(H,35,39)(H,36,43)(H,41,42)/t24-,25+,26+/m0/s1. The lowest BCUT2D eigenvalue weighted by Gasteiger charge is -2.28. The topological polar surface area (TPSA) is 197 Å². The van der Waals surface area contributed by atoms with Crippen LogP contribution in [-0.4, -0.2) is 81.0 Å². The first kappa shape index (κ1) is 30.3. The molecule has 2 aliphatic rings. The van der Waals surface area contributed by atoms with Gasteiger partial charge in [0.25, 0.3) is 0 Å². The van der Waals surface area contributed by atoms with Crippen molar-refractivity contribution in [3.63, 3.8) is 0 Å². The molecule has 0 saturated carbocycles. The number of carbonyl (C=O) groups is 5. The van der Waals surface area contributed by atoms with Gasteiger partial charge in [-0.3, -0.25) is 14.4 Å². The summed E-state index contributed by atoms with van der Waals surface area (Å²) in [5, 5.41) is 14.8. The first-order valence-electron chi connectivity index (χ1n) is 14.4. The molecule has 3 aromatic rings. The molecule has 2 heterocycles. The van der Waals surface area contributed by atoms with E-state index in [1.807, 2.05) is 48.5 Å². The second-order valence-corrected chi connectivity index (χ2v) is 10.9. The molecule has 0 bridgehead atoms. The van der Waals surface area contributed by atoms with Crippen LogP contribution in [0.4, 0.5) is 4.79 Å². The van der Waals surface area contributed by atoms with Crippen molar-refractivity contribution in [2.24, 2.45) is 5.73 Å². The quantitative estimate of drug-likeness (QED) is 0.206. The first-order valence-corrected chi connectivity index (χ1v) is 14.4. The minimum Gasteiger partial charge on any atom is -0.480 e. The van der Waals surface area contributed by atoms with Gasteiger partial charge in [-0.2, -0.15) is 0 Å². The number of aromatic nitrogens is 2. The number of hydrogen-bond donors (Lipinski definition) is 5. The highest BCUT2D eigenvalue weighted by Gasteiger charge is 2.38. The highest BCUT2D eigenvalue weighted by Crippen LogP contribution is 2.44. The highest BCUT2D eigenvalue weighted by molar-refractivity contribution is 5.93. The van der Waals surface area contributed by atoms with Gasteiger partial charge in [-0.25, -0.2) is 14.6 Å². The molecule has 4 amide bonds. The predicted octanol–water partition coefficient (Wildman–Crippen LogP) is 1.69. The second kappa shape index (κ2) is 13.4. The summed E-state index contributed by atoms with van der Waals surface area (Å²) in [6, 6.07) is 12.4. The fourth-order valence-corrected chi connectivity index (χ4v) is 5.91. The van der Waals surface area contributed by atoms with E-state index in [0.717, 1.165) is 22.3 Å². The number of rotatable bonds is 12. The number of aliphatic carboxylic acids is 1. The molecule has 13 heteroatoms. The fourth-order valence-electron chi connectivity index (χ4n) is 5.91. The molecule has 13 nitrogen and oxygen atoms in total. The molecule has 1 aliphatic carbocycles. The summed E-state index contributed by atoms with van der Waals surface area (Å²) in [5.74, 6) is -3.37. The third-order valence-electron chi connectivity index (χ3n) is 8.05. The van der Waals surface area contributed by atoms with Crippen molar-refractivity contribution in [2.45, 2.75) is 56.1 Å². The van der Waals surface area contributed by atoms with Crippen LogP contribution in [0.1, 0.15) is 48.4 Å². The zero-order chi connectivity index (χ0) is 31.2. The van der Waals surface area contributed by atoms with E-state index < -0.39 is 47.9 Å². The van der Waals surface area contributed by atoms with Crippen molar-refractivity contribution in [2.75, 3.05) is 13.2 Å². The minimum absolute atomic E-state index is 0.00573. The number of likely N-dealkylation sites (tertiary alicyclic amines) is 1. The number of imidazole rings is 1. The van der Waals surface area contributed by atoms with Crippen molar-refractivity contribution >= 4 is 29.8 Å². The molecule has 0 radical (unpaired) electrons. The zero-order valence-electron chi connectivity index (χ0n) is 23.9. The van der Waals surface area contributed by atoms with Crippen LogP contribution in [0.3, 0.4) is 0 Å². The SMILES string of the molecule is NC(=O)CC[C@H](NC(=O)[C@@H](Cc1cnc[nH]1)NC(=O)OCC1c2ccccc2-c2ccccc21)C(=O)N1CCC[C@@H]1C(=O)O. The van der Waals surface area contributed by atoms with Gasteiger partial charge in [0, 0.05) is 37.2 Å². The summed E-state index contributed by atoms with van der Waals surface area (Å²) in [5.41, 5.74) is 10.1. The van der Waals surface area contributed by atoms with Crippen LogP contribution in [0.15, 0.2) is 61.1 Å². The number of amides is 4. The van der Waals surface area contributed by atoms with Gasteiger partial charge in [0.2, 0.25) is 17.7 Å². The Hall–Kier alpha value is -5.20. The Morgan fingerprint density at radius 3 is 2.32 bits per heavy atom. The number of alkyl carbamates (subject to hydrolysis) is 1. The van der Waals surface area contributed by atoms with Crippen molar-refractivity contribution in [3.8, 4) is 11.1 Å². The predicted molar refractivity (Wildman–Crippen MR) is 157 cm³/mol. The van der Waals surface area contributed by atoms with E-state index in [9.17, 15) is 29.1 Å². The van der Waals surface area contributed by atoms with E-state index in [1.165, 1.54) is 17.4 Å². The molecule has 1 saturated heterocycles. The summed E-state index contributed by atoms with van der Waals surface area (Å²) in [7, 11) is 0. The van der Waals surface area contributed by atoms with Crippen LogP contribution < -0.4 is 16.4 Å².